The van der Waals surface area contributed by atoms with Crippen molar-refractivity contribution >= 4 is 49.1 Å². The lowest BCUT2D eigenvalue weighted by molar-refractivity contribution is 0.0702. The van der Waals surface area contributed by atoms with Crippen molar-refractivity contribution in [1.29, 1.82) is 0 Å². The van der Waals surface area contributed by atoms with Crippen molar-refractivity contribution in [3.63, 3.8) is 0 Å². The molecule has 3 N–H and O–H groups in total. The highest BCUT2D eigenvalue weighted by Gasteiger charge is 2.24. The van der Waals surface area contributed by atoms with E-state index < -0.39 is 16.0 Å². The van der Waals surface area contributed by atoms with Gasteiger partial charge in [0.15, 0.2) is 5.82 Å². The largest absolute Gasteiger partial charge is 0.477 e. The Morgan fingerprint density at radius 3 is 2.75 bits per heavy atom. The van der Waals surface area contributed by atoms with Crippen LogP contribution >= 0.6 is 27.3 Å². The maximum atomic E-state index is 12.2. The minimum Gasteiger partial charge on any atom is -0.477 e. The summed E-state index contributed by atoms with van der Waals surface area (Å²) in [4.78, 5) is 10.7. The minimum absolute atomic E-state index is 0.0616. The minimum atomic E-state index is -3.88. The van der Waals surface area contributed by atoms with Crippen molar-refractivity contribution in [3.8, 4) is 0 Å². The predicted molar refractivity (Wildman–Crippen MR) is 77.8 cm³/mol. The molecule has 0 unspecified atom stereocenters. The molecule has 2 aromatic rings. The fourth-order valence-corrected chi connectivity index (χ4v) is 4.82. The number of carboxylic acid groups (broad SMARTS) is 1. The molecule has 7 nitrogen and oxygen atoms in total. The zero-order valence-corrected chi connectivity index (χ0v) is 13.4. The first-order chi connectivity index (χ1) is 9.33. The molecular formula is C10H10BrN3O4S2. The van der Waals surface area contributed by atoms with Gasteiger partial charge in [-0.15, -0.1) is 11.3 Å². The predicted octanol–water partition coefficient (Wildman–Crippen LogP) is 2.30. The van der Waals surface area contributed by atoms with E-state index in [0.29, 0.717) is 6.42 Å². The lowest BCUT2D eigenvalue weighted by Crippen LogP contribution is -2.13. The van der Waals surface area contributed by atoms with Crippen LogP contribution in [0.5, 0.6) is 0 Å². The molecule has 0 saturated heterocycles. The van der Waals surface area contributed by atoms with Crippen LogP contribution in [0.1, 0.15) is 22.3 Å². The Morgan fingerprint density at radius 2 is 2.25 bits per heavy atom. The van der Waals surface area contributed by atoms with Crippen molar-refractivity contribution in [2.24, 2.45) is 0 Å². The Kier molecular flexibility index (Phi) is 4.16. The van der Waals surface area contributed by atoms with Crippen LogP contribution in [-0.2, 0) is 16.4 Å². The number of aromatic carboxylic acids is 1. The molecule has 0 aromatic carbocycles. The number of nitrogens with one attached hydrogen (secondary N) is 2. The van der Waals surface area contributed by atoms with Gasteiger partial charge in [-0.1, -0.05) is 6.92 Å². The van der Waals surface area contributed by atoms with E-state index in [1.807, 2.05) is 6.92 Å². The van der Waals surface area contributed by atoms with Gasteiger partial charge in [-0.3, -0.25) is 9.82 Å². The number of hydrogen-bond acceptors (Lipinski definition) is 5. The van der Waals surface area contributed by atoms with E-state index in [0.717, 1.165) is 23.1 Å². The normalized spacial score (nSPS) is 11.5. The number of sulfonamides is 1. The molecule has 0 fully saturated rings. The van der Waals surface area contributed by atoms with Gasteiger partial charge in [-0.25, -0.2) is 13.2 Å². The van der Waals surface area contributed by atoms with Crippen molar-refractivity contribution < 1.29 is 18.3 Å². The van der Waals surface area contributed by atoms with Gasteiger partial charge in [-0.05, 0) is 28.4 Å². The lowest BCUT2D eigenvalue weighted by atomic mass is 10.3. The van der Waals surface area contributed by atoms with Gasteiger partial charge in [0.25, 0.3) is 10.0 Å². The second-order valence-corrected chi connectivity index (χ2v) is 7.81. The van der Waals surface area contributed by atoms with E-state index in [4.69, 9.17) is 5.11 Å². The van der Waals surface area contributed by atoms with Crippen molar-refractivity contribution in [2.45, 2.75) is 18.2 Å². The molecule has 0 bridgehead atoms. The average Bonchev–Trinajstić information content (AvgIpc) is 2.95. The van der Waals surface area contributed by atoms with E-state index in [-0.39, 0.29) is 19.4 Å². The summed E-state index contributed by atoms with van der Waals surface area (Å²) in [5.41, 5.74) is 0.790. The fraction of sp³-hybridized carbons (Fsp3) is 0.200. The van der Waals surface area contributed by atoms with Crippen LogP contribution in [-0.4, -0.2) is 29.7 Å². The lowest BCUT2D eigenvalue weighted by Gasteiger charge is -2.03. The highest BCUT2D eigenvalue weighted by molar-refractivity contribution is 9.11. The first-order valence-electron chi connectivity index (χ1n) is 5.43. The first kappa shape index (κ1) is 15.0. The Hall–Kier alpha value is -1.39. The number of thiophene rings is 1. The van der Waals surface area contributed by atoms with Crippen molar-refractivity contribution in [1.82, 2.24) is 10.2 Å². The molecule has 0 amide bonds. The highest BCUT2D eigenvalue weighted by atomic mass is 79.9. The van der Waals surface area contributed by atoms with Crippen LogP contribution < -0.4 is 4.72 Å². The van der Waals surface area contributed by atoms with Gasteiger partial charge < -0.3 is 5.11 Å². The van der Waals surface area contributed by atoms with E-state index >= 15 is 0 Å². The third-order valence-electron chi connectivity index (χ3n) is 2.41. The van der Waals surface area contributed by atoms with Gasteiger partial charge in [0.2, 0.25) is 0 Å². The van der Waals surface area contributed by atoms with Crippen LogP contribution in [0.15, 0.2) is 20.8 Å². The summed E-state index contributed by atoms with van der Waals surface area (Å²) in [6.07, 6.45) is 0.694. The molecule has 0 spiro atoms. The number of nitrogens with zero attached hydrogens (tertiary/aromatic N) is 1. The molecule has 2 heterocycles. The van der Waals surface area contributed by atoms with Gasteiger partial charge in [0.05, 0.1) is 3.79 Å². The van der Waals surface area contributed by atoms with Crippen LogP contribution in [0.4, 0.5) is 5.82 Å². The maximum absolute atomic E-state index is 12.2. The summed E-state index contributed by atoms with van der Waals surface area (Å²) in [7, 11) is -3.88. The second kappa shape index (κ2) is 5.54. The molecule has 0 aliphatic rings. The number of hydrogen-bond donors (Lipinski definition) is 3. The van der Waals surface area contributed by atoms with Crippen LogP contribution in [0.25, 0.3) is 0 Å². The summed E-state index contributed by atoms with van der Waals surface area (Å²) < 4.78 is 26.9. The summed E-state index contributed by atoms with van der Waals surface area (Å²) in [5, 5.41) is 15.4. The Bertz CT molecular complexity index is 750. The molecule has 0 radical (unpaired) electrons. The maximum Gasteiger partial charge on any atom is 0.345 e. The number of anilines is 1. The standard InChI is InChI=1S/C10H10BrN3O4S2/c1-2-5-3-8(13-12-5)14-20(17,18)7-4-6(10(15)16)19-9(7)11/h3-4H,2H2,1H3,(H,15,16)(H2,12,13,14). The Balaban J connectivity index is 2.32. The van der Waals surface area contributed by atoms with Gasteiger partial charge >= 0.3 is 5.97 Å². The van der Waals surface area contributed by atoms with Gasteiger partial charge in [-0.2, -0.15) is 5.10 Å². The quantitative estimate of drug-likeness (QED) is 0.737. The van der Waals surface area contributed by atoms with Gasteiger partial charge in [0.1, 0.15) is 9.77 Å². The molecular weight excluding hydrogens is 370 g/mol. The SMILES string of the molecule is CCc1cc(NS(=O)(=O)c2cc(C(=O)O)sc2Br)n[nH]1. The monoisotopic (exact) mass is 379 g/mol. The Morgan fingerprint density at radius 1 is 1.55 bits per heavy atom. The molecule has 2 rings (SSSR count). The molecule has 108 valence electrons. The van der Waals surface area contributed by atoms with Crippen LogP contribution in [0.2, 0.25) is 0 Å². The first-order valence-corrected chi connectivity index (χ1v) is 8.52. The van der Waals surface area contributed by atoms with Crippen molar-refractivity contribution in [2.75, 3.05) is 4.72 Å². The summed E-state index contributed by atoms with van der Waals surface area (Å²) in [5.74, 6) is -1.01. The van der Waals surface area contributed by atoms with Crippen LogP contribution in [0.3, 0.4) is 0 Å². The van der Waals surface area contributed by atoms with Crippen molar-refractivity contribution in [3.05, 3.63) is 26.5 Å². The Labute approximate surface area is 127 Å². The van der Waals surface area contributed by atoms with E-state index in [9.17, 15) is 13.2 Å². The summed E-state index contributed by atoms with van der Waals surface area (Å²) in [6.45, 7) is 1.90. The third-order valence-corrected chi connectivity index (χ3v) is 6.00. The number of halogens is 1. The van der Waals surface area contributed by atoms with E-state index in [1.54, 1.807) is 6.07 Å². The number of carbonyl (C=O) groups is 1. The van der Waals surface area contributed by atoms with Gasteiger partial charge in [0, 0.05) is 11.8 Å². The van der Waals surface area contributed by atoms with E-state index in [1.165, 1.54) is 0 Å². The zero-order chi connectivity index (χ0) is 14.9. The molecule has 0 atom stereocenters. The number of aromatic amines is 1. The molecule has 0 saturated carbocycles. The number of H-pyrrole nitrogens is 1. The molecule has 0 aliphatic heterocycles. The third kappa shape index (κ3) is 3.02. The molecule has 10 heteroatoms. The van der Waals surface area contributed by atoms with Crippen LogP contribution in [0, 0.1) is 0 Å². The topological polar surface area (TPSA) is 112 Å². The number of aromatic nitrogens is 2. The number of aryl methyl sites for hydroxylation is 1. The molecule has 0 aliphatic carbocycles. The number of carboxylic acids is 1. The molecule has 20 heavy (non-hydrogen) atoms. The summed E-state index contributed by atoms with van der Waals surface area (Å²) in [6, 6.07) is 2.68. The fourth-order valence-electron chi connectivity index (χ4n) is 1.43. The number of rotatable bonds is 5. The average molecular weight is 380 g/mol. The molecule has 2 aromatic heterocycles. The highest BCUT2D eigenvalue weighted by Crippen LogP contribution is 2.32. The smallest absolute Gasteiger partial charge is 0.345 e. The second-order valence-electron chi connectivity index (χ2n) is 3.79. The zero-order valence-electron chi connectivity index (χ0n) is 10.2. The summed E-state index contributed by atoms with van der Waals surface area (Å²) >= 11 is 3.90. The van der Waals surface area contributed by atoms with E-state index in [2.05, 4.69) is 30.8 Å².